The van der Waals surface area contributed by atoms with Gasteiger partial charge >= 0.3 is 0 Å². The quantitative estimate of drug-likeness (QED) is 0.778. The molecule has 1 aromatic rings. The summed E-state index contributed by atoms with van der Waals surface area (Å²) in [7, 11) is 0. The van der Waals surface area contributed by atoms with Crippen molar-refractivity contribution in [3.05, 3.63) is 12.3 Å². The second-order valence-electron chi connectivity index (χ2n) is 5.09. The van der Waals surface area contributed by atoms with Crippen LogP contribution in [0.25, 0.3) is 0 Å². The molecule has 2 rings (SSSR count). The van der Waals surface area contributed by atoms with Gasteiger partial charge in [0.2, 0.25) is 5.75 Å². The van der Waals surface area contributed by atoms with Crippen LogP contribution in [0.1, 0.15) is 40.5 Å². The van der Waals surface area contributed by atoms with E-state index in [1.165, 1.54) is 0 Å². The average molecular weight is 251 g/mol. The summed E-state index contributed by atoms with van der Waals surface area (Å²) in [5.74, 6) is 1.88. The van der Waals surface area contributed by atoms with E-state index in [0.717, 1.165) is 12.8 Å². The molecule has 4 nitrogen and oxygen atoms in total. The van der Waals surface area contributed by atoms with Crippen LogP contribution >= 0.6 is 0 Å². The van der Waals surface area contributed by atoms with Gasteiger partial charge in [0.1, 0.15) is 0 Å². The lowest BCUT2D eigenvalue weighted by Gasteiger charge is -2.18. The standard InChI is InChI=1S/C14H21NO3/c1-9(2)16-12-7-8-15-14(17-10(3)4)13(12)18-11-5-6-11/h7-11H,5-6H2,1-4H3. The lowest BCUT2D eigenvalue weighted by atomic mass is 10.3. The molecule has 0 radical (unpaired) electrons. The Bertz CT molecular complexity index is 372. The molecule has 1 heterocycles. The molecule has 1 aliphatic rings. The van der Waals surface area contributed by atoms with Crippen LogP contribution in [-0.4, -0.2) is 23.3 Å². The molecule has 0 spiro atoms. The molecule has 0 saturated heterocycles. The first-order valence-corrected chi connectivity index (χ1v) is 6.55. The van der Waals surface area contributed by atoms with Crippen LogP contribution in [0.5, 0.6) is 17.4 Å². The minimum Gasteiger partial charge on any atom is -0.487 e. The Morgan fingerprint density at radius 2 is 1.78 bits per heavy atom. The lowest BCUT2D eigenvalue weighted by molar-refractivity contribution is 0.187. The van der Waals surface area contributed by atoms with Gasteiger partial charge < -0.3 is 14.2 Å². The predicted molar refractivity (Wildman–Crippen MR) is 69.4 cm³/mol. The number of ether oxygens (including phenoxy) is 3. The zero-order valence-corrected chi connectivity index (χ0v) is 11.5. The van der Waals surface area contributed by atoms with Crippen LogP contribution < -0.4 is 14.2 Å². The normalized spacial score (nSPS) is 15.0. The van der Waals surface area contributed by atoms with Crippen molar-refractivity contribution in [2.24, 2.45) is 0 Å². The Balaban J connectivity index is 2.25. The molecule has 0 bridgehead atoms. The van der Waals surface area contributed by atoms with Crippen molar-refractivity contribution < 1.29 is 14.2 Å². The highest BCUT2D eigenvalue weighted by Gasteiger charge is 2.28. The van der Waals surface area contributed by atoms with Crippen molar-refractivity contribution in [1.82, 2.24) is 4.98 Å². The molecular weight excluding hydrogens is 230 g/mol. The van der Waals surface area contributed by atoms with E-state index < -0.39 is 0 Å². The predicted octanol–water partition coefficient (Wildman–Crippen LogP) is 3.20. The van der Waals surface area contributed by atoms with Gasteiger partial charge in [-0.3, -0.25) is 0 Å². The minimum absolute atomic E-state index is 0.0633. The van der Waals surface area contributed by atoms with Crippen LogP contribution in [0.15, 0.2) is 12.3 Å². The maximum Gasteiger partial charge on any atom is 0.261 e. The van der Waals surface area contributed by atoms with E-state index in [4.69, 9.17) is 14.2 Å². The number of hydrogen-bond acceptors (Lipinski definition) is 4. The maximum absolute atomic E-state index is 5.88. The minimum atomic E-state index is 0.0633. The van der Waals surface area contributed by atoms with Crippen molar-refractivity contribution in [2.75, 3.05) is 0 Å². The summed E-state index contributed by atoms with van der Waals surface area (Å²) in [6.07, 6.45) is 4.33. The van der Waals surface area contributed by atoms with Crippen LogP contribution in [0.3, 0.4) is 0 Å². The molecule has 0 atom stereocenters. The molecule has 18 heavy (non-hydrogen) atoms. The van der Waals surface area contributed by atoms with Crippen LogP contribution in [0, 0.1) is 0 Å². The summed E-state index contributed by atoms with van der Waals surface area (Å²) >= 11 is 0. The molecule has 100 valence electrons. The fourth-order valence-corrected chi connectivity index (χ4v) is 1.53. The molecule has 1 aromatic heterocycles. The Morgan fingerprint density at radius 3 is 2.33 bits per heavy atom. The molecule has 4 heteroatoms. The van der Waals surface area contributed by atoms with Crippen molar-refractivity contribution in [1.29, 1.82) is 0 Å². The van der Waals surface area contributed by atoms with Crippen LogP contribution in [0.2, 0.25) is 0 Å². The summed E-state index contributed by atoms with van der Waals surface area (Å²) in [5, 5.41) is 0. The van der Waals surface area contributed by atoms with E-state index >= 15 is 0 Å². The third kappa shape index (κ3) is 3.52. The lowest BCUT2D eigenvalue weighted by Crippen LogP contribution is -2.12. The average Bonchev–Trinajstić information content (AvgIpc) is 3.05. The topological polar surface area (TPSA) is 40.6 Å². The third-order valence-electron chi connectivity index (χ3n) is 2.35. The zero-order valence-electron chi connectivity index (χ0n) is 11.5. The number of aromatic nitrogens is 1. The molecule has 0 unspecified atom stereocenters. The molecule has 0 aromatic carbocycles. The highest BCUT2D eigenvalue weighted by atomic mass is 16.6. The monoisotopic (exact) mass is 251 g/mol. The zero-order chi connectivity index (χ0) is 13.1. The molecule has 0 amide bonds. The molecular formula is C14H21NO3. The van der Waals surface area contributed by atoms with E-state index in [1.54, 1.807) is 6.20 Å². The highest BCUT2D eigenvalue weighted by molar-refractivity contribution is 5.47. The fourth-order valence-electron chi connectivity index (χ4n) is 1.53. The molecule has 1 saturated carbocycles. The highest BCUT2D eigenvalue weighted by Crippen LogP contribution is 2.40. The first-order valence-electron chi connectivity index (χ1n) is 6.55. The Hall–Kier alpha value is -1.45. The Labute approximate surface area is 108 Å². The smallest absolute Gasteiger partial charge is 0.261 e. The van der Waals surface area contributed by atoms with E-state index in [-0.39, 0.29) is 12.2 Å². The van der Waals surface area contributed by atoms with Gasteiger partial charge in [-0.15, -0.1) is 0 Å². The van der Waals surface area contributed by atoms with Gasteiger partial charge in [0, 0.05) is 12.3 Å². The summed E-state index contributed by atoms with van der Waals surface area (Å²) in [6, 6.07) is 1.82. The number of hydrogen-bond donors (Lipinski definition) is 0. The molecule has 0 N–H and O–H groups in total. The molecule has 1 fully saturated rings. The first-order chi connectivity index (χ1) is 8.56. The van der Waals surface area contributed by atoms with Gasteiger partial charge in [-0.25, -0.2) is 4.98 Å². The maximum atomic E-state index is 5.88. The summed E-state index contributed by atoms with van der Waals surface area (Å²) < 4.78 is 17.3. The van der Waals surface area contributed by atoms with Gasteiger partial charge in [-0.2, -0.15) is 0 Å². The molecule has 1 aliphatic carbocycles. The SMILES string of the molecule is CC(C)Oc1ccnc(OC(C)C)c1OC1CC1. The van der Waals surface area contributed by atoms with Crippen LogP contribution in [0.4, 0.5) is 0 Å². The van der Waals surface area contributed by atoms with E-state index in [2.05, 4.69) is 4.98 Å². The van der Waals surface area contributed by atoms with Crippen molar-refractivity contribution in [3.63, 3.8) is 0 Å². The second kappa shape index (κ2) is 5.46. The van der Waals surface area contributed by atoms with Gasteiger partial charge in [-0.1, -0.05) is 0 Å². The van der Waals surface area contributed by atoms with Gasteiger partial charge in [0.15, 0.2) is 5.75 Å². The summed E-state index contributed by atoms with van der Waals surface area (Å²) in [5.41, 5.74) is 0. The van der Waals surface area contributed by atoms with Crippen molar-refractivity contribution in [2.45, 2.75) is 58.8 Å². The largest absolute Gasteiger partial charge is 0.487 e. The number of pyridine rings is 1. The summed E-state index contributed by atoms with van der Waals surface area (Å²) in [4.78, 5) is 4.24. The van der Waals surface area contributed by atoms with Crippen molar-refractivity contribution in [3.8, 4) is 17.4 Å². The van der Waals surface area contributed by atoms with Crippen molar-refractivity contribution >= 4 is 0 Å². The van der Waals surface area contributed by atoms with Gasteiger partial charge in [0.05, 0.1) is 18.3 Å². The van der Waals surface area contributed by atoms with Gasteiger partial charge in [0.25, 0.3) is 5.88 Å². The van der Waals surface area contributed by atoms with Crippen LogP contribution in [-0.2, 0) is 0 Å². The third-order valence-corrected chi connectivity index (χ3v) is 2.35. The van der Waals surface area contributed by atoms with E-state index in [9.17, 15) is 0 Å². The van der Waals surface area contributed by atoms with Gasteiger partial charge in [-0.05, 0) is 40.5 Å². The Morgan fingerprint density at radius 1 is 1.11 bits per heavy atom. The molecule has 0 aliphatic heterocycles. The Kier molecular flexibility index (Phi) is 3.94. The fraction of sp³-hybridized carbons (Fsp3) is 0.643. The van der Waals surface area contributed by atoms with E-state index in [1.807, 2.05) is 33.8 Å². The number of rotatable bonds is 6. The van der Waals surface area contributed by atoms with E-state index in [0.29, 0.717) is 23.5 Å². The number of nitrogens with zero attached hydrogens (tertiary/aromatic N) is 1. The first kappa shape index (κ1) is 13.0. The summed E-state index contributed by atoms with van der Waals surface area (Å²) in [6.45, 7) is 7.92. The second-order valence-corrected chi connectivity index (χ2v) is 5.09.